The summed E-state index contributed by atoms with van der Waals surface area (Å²) in [4.78, 5) is 20.5. The van der Waals surface area contributed by atoms with Crippen LogP contribution in [0.3, 0.4) is 0 Å². The van der Waals surface area contributed by atoms with Gasteiger partial charge in [0.1, 0.15) is 0 Å². The number of nitrogens with zero attached hydrogens (tertiary/aromatic N) is 3. The summed E-state index contributed by atoms with van der Waals surface area (Å²) in [6.45, 7) is 5.67. The molecule has 0 spiro atoms. The summed E-state index contributed by atoms with van der Waals surface area (Å²) in [7, 11) is 1.37. The molecule has 0 unspecified atom stereocenters. The van der Waals surface area contributed by atoms with Gasteiger partial charge >= 0.3 is 18.1 Å². The van der Waals surface area contributed by atoms with Crippen LogP contribution in [-0.2, 0) is 17.6 Å². The zero-order valence-electron chi connectivity index (χ0n) is 14.7. The minimum Gasteiger partial charge on any atom is -0.332 e. The van der Waals surface area contributed by atoms with Crippen LogP contribution >= 0.6 is 0 Å². The minimum absolute atomic E-state index is 0.152. The van der Waals surface area contributed by atoms with E-state index in [4.69, 9.17) is 4.84 Å². The summed E-state index contributed by atoms with van der Waals surface area (Å²) < 4.78 is 41.7. The van der Waals surface area contributed by atoms with Gasteiger partial charge in [0, 0.05) is 11.1 Å². The number of urea groups is 1. The normalized spacial score (nSPS) is 12.1. The molecule has 2 rings (SSSR count). The Balaban J connectivity index is 2.09. The SMILES string of the molecule is CON(Cc1ccc(-c2noc(C(F)(F)F)n2)cc1)C(=O)NC(C)(C)C. The second kappa shape index (κ2) is 7.32. The van der Waals surface area contributed by atoms with E-state index in [1.54, 1.807) is 12.1 Å². The molecule has 26 heavy (non-hydrogen) atoms. The van der Waals surface area contributed by atoms with Gasteiger partial charge in [0.2, 0.25) is 5.82 Å². The van der Waals surface area contributed by atoms with E-state index in [1.807, 2.05) is 20.8 Å². The maximum Gasteiger partial charge on any atom is 0.471 e. The Morgan fingerprint density at radius 3 is 2.31 bits per heavy atom. The number of hydroxylamine groups is 2. The first-order valence-electron chi connectivity index (χ1n) is 7.63. The van der Waals surface area contributed by atoms with Gasteiger partial charge in [-0.05, 0) is 26.3 Å². The lowest BCUT2D eigenvalue weighted by molar-refractivity contribution is -0.159. The predicted octanol–water partition coefficient (Wildman–Crippen LogP) is 3.63. The van der Waals surface area contributed by atoms with E-state index in [0.29, 0.717) is 11.1 Å². The zero-order valence-corrected chi connectivity index (χ0v) is 14.7. The van der Waals surface area contributed by atoms with Crippen molar-refractivity contribution in [3.63, 3.8) is 0 Å². The van der Waals surface area contributed by atoms with Crippen molar-refractivity contribution in [3.8, 4) is 11.4 Å². The Labute approximate surface area is 148 Å². The van der Waals surface area contributed by atoms with Gasteiger partial charge in [-0.25, -0.2) is 4.79 Å². The molecule has 0 fully saturated rings. The van der Waals surface area contributed by atoms with Crippen LogP contribution in [0.4, 0.5) is 18.0 Å². The minimum atomic E-state index is -4.69. The maximum absolute atomic E-state index is 12.5. The van der Waals surface area contributed by atoms with Gasteiger partial charge in [-0.15, -0.1) is 0 Å². The van der Waals surface area contributed by atoms with Gasteiger partial charge in [-0.1, -0.05) is 29.4 Å². The van der Waals surface area contributed by atoms with E-state index in [2.05, 4.69) is 20.0 Å². The lowest BCUT2D eigenvalue weighted by atomic mass is 10.1. The number of carbonyl (C=O) groups excluding carboxylic acids is 1. The quantitative estimate of drug-likeness (QED) is 0.829. The van der Waals surface area contributed by atoms with Gasteiger partial charge in [0.25, 0.3) is 0 Å². The summed E-state index contributed by atoms with van der Waals surface area (Å²) in [5, 5.41) is 7.23. The molecule has 1 N–H and O–H groups in total. The van der Waals surface area contributed by atoms with Crippen molar-refractivity contribution < 1.29 is 27.3 Å². The molecule has 7 nitrogen and oxygen atoms in total. The predicted molar refractivity (Wildman–Crippen MR) is 85.6 cm³/mol. The number of aromatic nitrogens is 2. The highest BCUT2D eigenvalue weighted by molar-refractivity contribution is 5.73. The molecule has 2 amide bonds. The molecule has 1 aromatic heterocycles. The van der Waals surface area contributed by atoms with E-state index in [1.165, 1.54) is 19.2 Å². The molecule has 0 atom stereocenters. The second-order valence-corrected chi connectivity index (χ2v) is 6.52. The third-order valence-corrected chi connectivity index (χ3v) is 3.14. The number of rotatable bonds is 4. The Kier molecular flexibility index (Phi) is 5.55. The average Bonchev–Trinajstić information content (AvgIpc) is 3.01. The Morgan fingerprint density at radius 2 is 1.85 bits per heavy atom. The molecule has 0 aliphatic rings. The van der Waals surface area contributed by atoms with E-state index in [9.17, 15) is 18.0 Å². The summed E-state index contributed by atoms with van der Waals surface area (Å²) in [5.41, 5.74) is 0.641. The topological polar surface area (TPSA) is 80.5 Å². The fraction of sp³-hybridized carbons (Fsp3) is 0.438. The first-order valence-corrected chi connectivity index (χ1v) is 7.63. The Bertz CT molecular complexity index is 751. The van der Waals surface area contributed by atoms with E-state index < -0.39 is 23.6 Å². The number of carbonyl (C=O) groups is 1. The average molecular weight is 372 g/mol. The van der Waals surface area contributed by atoms with Crippen molar-refractivity contribution in [1.29, 1.82) is 0 Å². The number of benzene rings is 1. The van der Waals surface area contributed by atoms with E-state index in [0.717, 1.165) is 5.06 Å². The fourth-order valence-electron chi connectivity index (χ4n) is 1.98. The number of hydrogen-bond acceptors (Lipinski definition) is 5. The highest BCUT2D eigenvalue weighted by Crippen LogP contribution is 2.29. The monoisotopic (exact) mass is 372 g/mol. The van der Waals surface area contributed by atoms with Crippen LogP contribution in [0.5, 0.6) is 0 Å². The first-order chi connectivity index (χ1) is 12.0. The van der Waals surface area contributed by atoms with Crippen molar-refractivity contribution in [2.75, 3.05) is 7.11 Å². The molecular formula is C16H19F3N4O3. The molecular weight excluding hydrogens is 353 g/mol. The van der Waals surface area contributed by atoms with Crippen molar-refractivity contribution in [2.24, 2.45) is 0 Å². The van der Waals surface area contributed by atoms with E-state index in [-0.39, 0.29) is 12.4 Å². The molecule has 1 heterocycles. The van der Waals surface area contributed by atoms with Crippen molar-refractivity contribution in [3.05, 3.63) is 35.7 Å². The summed E-state index contributed by atoms with van der Waals surface area (Å²) in [6.07, 6.45) is -4.69. The van der Waals surface area contributed by atoms with Crippen LogP contribution in [0.15, 0.2) is 28.8 Å². The largest absolute Gasteiger partial charge is 0.471 e. The molecule has 2 aromatic rings. The number of alkyl halides is 3. The molecule has 0 radical (unpaired) electrons. The molecule has 0 bridgehead atoms. The van der Waals surface area contributed by atoms with Crippen molar-refractivity contribution in [2.45, 2.75) is 39.0 Å². The zero-order chi connectivity index (χ0) is 19.5. The molecule has 0 saturated heterocycles. The first kappa shape index (κ1) is 19.7. The second-order valence-electron chi connectivity index (χ2n) is 6.52. The third kappa shape index (κ3) is 5.19. The number of nitrogens with one attached hydrogen (secondary N) is 1. The van der Waals surface area contributed by atoms with Crippen molar-refractivity contribution >= 4 is 6.03 Å². The third-order valence-electron chi connectivity index (χ3n) is 3.14. The van der Waals surface area contributed by atoms with Gasteiger partial charge < -0.3 is 9.84 Å². The summed E-state index contributed by atoms with van der Waals surface area (Å²) in [6, 6.07) is 5.94. The summed E-state index contributed by atoms with van der Waals surface area (Å²) >= 11 is 0. The highest BCUT2D eigenvalue weighted by atomic mass is 19.4. The number of hydrogen-bond donors (Lipinski definition) is 1. The molecule has 0 aliphatic heterocycles. The standard InChI is InChI=1S/C16H19F3N4O3/c1-15(2,3)21-14(24)23(25-4)9-10-5-7-11(8-6-10)12-20-13(26-22-12)16(17,18)19/h5-8H,9H2,1-4H3,(H,21,24). The summed E-state index contributed by atoms with van der Waals surface area (Å²) in [5.74, 6) is -1.57. The number of amides is 2. The molecule has 1 aromatic carbocycles. The molecule has 142 valence electrons. The van der Waals surface area contributed by atoms with Gasteiger partial charge in [0.05, 0.1) is 13.7 Å². The fourth-order valence-corrected chi connectivity index (χ4v) is 1.98. The van der Waals surface area contributed by atoms with Crippen LogP contribution in [0.1, 0.15) is 32.2 Å². The highest BCUT2D eigenvalue weighted by Gasteiger charge is 2.38. The van der Waals surface area contributed by atoms with Crippen LogP contribution in [0, 0.1) is 0 Å². The molecule has 10 heteroatoms. The lowest BCUT2D eigenvalue weighted by Gasteiger charge is -2.26. The Hall–Kier alpha value is -2.62. The molecule has 0 saturated carbocycles. The maximum atomic E-state index is 12.5. The van der Waals surface area contributed by atoms with Crippen LogP contribution in [0.2, 0.25) is 0 Å². The van der Waals surface area contributed by atoms with Crippen LogP contribution in [-0.4, -0.2) is 33.9 Å². The van der Waals surface area contributed by atoms with Crippen LogP contribution in [0.25, 0.3) is 11.4 Å². The van der Waals surface area contributed by atoms with E-state index >= 15 is 0 Å². The smallest absolute Gasteiger partial charge is 0.332 e. The lowest BCUT2D eigenvalue weighted by Crippen LogP contribution is -2.47. The van der Waals surface area contributed by atoms with Gasteiger partial charge in [-0.2, -0.15) is 23.2 Å². The number of halogens is 3. The van der Waals surface area contributed by atoms with Crippen LogP contribution < -0.4 is 5.32 Å². The molecule has 0 aliphatic carbocycles. The van der Waals surface area contributed by atoms with Gasteiger partial charge in [0.15, 0.2) is 0 Å². The van der Waals surface area contributed by atoms with Crippen molar-refractivity contribution in [1.82, 2.24) is 20.5 Å². The Morgan fingerprint density at radius 1 is 1.23 bits per heavy atom. The van der Waals surface area contributed by atoms with Gasteiger partial charge in [-0.3, -0.25) is 4.84 Å².